The maximum atomic E-state index is 15.3. The summed E-state index contributed by atoms with van der Waals surface area (Å²) in [7, 11) is 0. The fraction of sp³-hybridized carbons (Fsp3) is 0.250. The molecule has 0 radical (unpaired) electrons. The van der Waals surface area contributed by atoms with Crippen LogP contribution in [0.1, 0.15) is 20.3 Å². The smallest absolute Gasteiger partial charge is 0.264 e. The second-order valence-electron chi connectivity index (χ2n) is 9.42. The Morgan fingerprint density at radius 3 is 2.68 bits per heavy atom. The van der Waals surface area contributed by atoms with Crippen molar-refractivity contribution in [2.45, 2.75) is 32.9 Å². The zero-order valence-corrected chi connectivity index (χ0v) is 21.0. The number of ether oxygens (including phenoxy) is 1. The van der Waals surface area contributed by atoms with Gasteiger partial charge in [-0.2, -0.15) is 10.4 Å². The lowest BCUT2D eigenvalue weighted by Gasteiger charge is -2.40. The van der Waals surface area contributed by atoms with Crippen LogP contribution < -0.4 is 10.5 Å². The number of rotatable bonds is 7. The molecular weight excluding hydrogens is 485 g/mol. The first-order valence-corrected chi connectivity index (χ1v) is 12.3. The lowest BCUT2D eigenvalue weighted by molar-refractivity contribution is -0.134. The predicted octanol–water partition coefficient (Wildman–Crippen LogP) is 4.71. The molecule has 1 amide bonds. The summed E-state index contributed by atoms with van der Waals surface area (Å²) in [6.07, 6.45) is 3.74. The average molecular weight is 512 g/mol. The molecule has 2 N–H and O–H groups in total. The number of benzene rings is 2. The minimum Gasteiger partial charge on any atom is -0.457 e. The average Bonchev–Trinajstić information content (AvgIpc) is 3.25. The lowest BCUT2D eigenvalue weighted by atomic mass is 10.00. The molecule has 0 bridgehead atoms. The molecule has 9 nitrogen and oxygen atoms in total. The molecule has 0 saturated carbocycles. The largest absolute Gasteiger partial charge is 0.457 e. The number of amides is 1. The van der Waals surface area contributed by atoms with E-state index in [0.717, 1.165) is 6.42 Å². The Morgan fingerprint density at radius 2 is 2.03 bits per heavy atom. The van der Waals surface area contributed by atoms with Crippen molar-refractivity contribution in [2.75, 3.05) is 12.3 Å². The highest BCUT2D eigenvalue weighted by Gasteiger charge is 2.35. The van der Waals surface area contributed by atoms with Gasteiger partial charge < -0.3 is 15.4 Å². The second-order valence-corrected chi connectivity index (χ2v) is 9.42. The SMILES string of the molecule is CC(C)C=C(C#N)C(=O)N1CC[C@@H]1Cn1nc(-c2ccc(Oc3ccccc3)cc2F)c2c(N)ncnc21. The summed E-state index contributed by atoms with van der Waals surface area (Å²) in [5.74, 6) is 0.346. The molecule has 192 valence electrons. The number of fused-ring (bicyclic) bond motifs is 1. The topological polar surface area (TPSA) is 123 Å². The molecule has 3 heterocycles. The maximum absolute atomic E-state index is 15.3. The van der Waals surface area contributed by atoms with E-state index < -0.39 is 5.82 Å². The number of hydrogen-bond donors (Lipinski definition) is 1. The normalized spacial score (nSPS) is 15.4. The van der Waals surface area contributed by atoms with Crippen molar-refractivity contribution in [3.63, 3.8) is 0 Å². The molecule has 5 rings (SSSR count). The lowest BCUT2D eigenvalue weighted by Crippen LogP contribution is -2.53. The number of para-hydroxylation sites is 1. The Bertz CT molecular complexity index is 1570. The van der Waals surface area contributed by atoms with Gasteiger partial charge in [-0.3, -0.25) is 4.79 Å². The number of halogens is 1. The quantitative estimate of drug-likeness (QED) is 0.281. The van der Waals surface area contributed by atoms with Crippen LogP contribution in [0.3, 0.4) is 0 Å². The first-order valence-electron chi connectivity index (χ1n) is 12.3. The zero-order chi connectivity index (χ0) is 26.8. The van der Waals surface area contributed by atoms with Gasteiger partial charge in [0.05, 0.1) is 18.0 Å². The van der Waals surface area contributed by atoms with Gasteiger partial charge in [-0.1, -0.05) is 38.1 Å². The Labute approximate surface area is 219 Å². The summed E-state index contributed by atoms with van der Waals surface area (Å²) in [5, 5.41) is 14.5. The Hall–Kier alpha value is -4.78. The number of nitrogen functional groups attached to an aromatic ring is 1. The standard InChI is InChI=1S/C28H26FN7O2/c1-17(2)12-18(14-30)28(37)35-11-10-19(35)15-36-27-24(26(31)32-16-33-27)25(34-36)22-9-8-21(13-23(22)29)38-20-6-4-3-5-7-20/h3-9,12-13,16-17,19H,10-11,15H2,1-2H3,(H2,31,32,33)/t19-/m1/s1. The summed E-state index contributed by atoms with van der Waals surface area (Å²) in [4.78, 5) is 23.0. The van der Waals surface area contributed by atoms with Crippen molar-refractivity contribution < 1.29 is 13.9 Å². The fourth-order valence-electron chi connectivity index (χ4n) is 4.46. The summed E-state index contributed by atoms with van der Waals surface area (Å²) in [6, 6.07) is 15.5. The van der Waals surface area contributed by atoms with Crippen molar-refractivity contribution in [1.29, 1.82) is 5.26 Å². The van der Waals surface area contributed by atoms with Crippen LogP contribution in [0.15, 0.2) is 66.5 Å². The Kier molecular flexibility index (Phi) is 6.75. The third kappa shape index (κ3) is 4.78. The molecule has 1 aliphatic heterocycles. The molecule has 10 heteroatoms. The molecule has 38 heavy (non-hydrogen) atoms. The highest BCUT2D eigenvalue weighted by molar-refractivity contribution is 5.99. The number of nitriles is 1. The van der Waals surface area contributed by atoms with Gasteiger partial charge in [0.1, 0.15) is 46.8 Å². The maximum Gasteiger partial charge on any atom is 0.264 e. The van der Waals surface area contributed by atoms with Crippen LogP contribution in [-0.2, 0) is 11.3 Å². The van der Waals surface area contributed by atoms with Crippen LogP contribution in [0.25, 0.3) is 22.3 Å². The molecular formula is C28H26FN7O2. The van der Waals surface area contributed by atoms with Crippen LogP contribution in [0.5, 0.6) is 11.5 Å². The van der Waals surface area contributed by atoms with E-state index in [1.54, 1.807) is 39.9 Å². The predicted molar refractivity (Wildman–Crippen MR) is 140 cm³/mol. The number of nitrogens with zero attached hydrogens (tertiary/aromatic N) is 6. The van der Waals surface area contributed by atoms with E-state index in [1.807, 2.05) is 38.1 Å². The summed E-state index contributed by atoms with van der Waals surface area (Å²) in [5.41, 5.74) is 7.28. The Morgan fingerprint density at radius 1 is 1.24 bits per heavy atom. The molecule has 0 aliphatic carbocycles. The number of aromatic nitrogens is 4. The number of allylic oxidation sites excluding steroid dienone is 1. The van der Waals surface area contributed by atoms with Gasteiger partial charge in [-0.25, -0.2) is 19.0 Å². The zero-order valence-electron chi connectivity index (χ0n) is 21.0. The molecule has 1 fully saturated rings. The van der Waals surface area contributed by atoms with E-state index in [-0.39, 0.29) is 34.8 Å². The van der Waals surface area contributed by atoms with Crippen LogP contribution in [0.2, 0.25) is 0 Å². The van der Waals surface area contributed by atoms with Gasteiger partial charge in [0.25, 0.3) is 5.91 Å². The number of nitrogens with two attached hydrogens (primary N) is 1. The van der Waals surface area contributed by atoms with E-state index in [0.29, 0.717) is 41.3 Å². The number of hydrogen-bond acceptors (Lipinski definition) is 7. The molecule has 0 spiro atoms. The fourth-order valence-corrected chi connectivity index (χ4v) is 4.46. The first-order chi connectivity index (χ1) is 18.4. The Balaban J connectivity index is 1.45. The molecule has 1 atom stereocenters. The summed E-state index contributed by atoms with van der Waals surface area (Å²) in [6.45, 7) is 4.69. The molecule has 1 aliphatic rings. The van der Waals surface area contributed by atoms with Crippen molar-refractivity contribution in [3.05, 3.63) is 72.3 Å². The molecule has 2 aromatic carbocycles. The number of likely N-dealkylation sites (tertiary alicyclic amines) is 1. The number of carbonyl (C=O) groups is 1. The van der Waals surface area contributed by atoms with Crippen molar-refractivity contribution in [2.24, 2.45) is 5.92 Å². The van der Waals surface area contributed by atoms with Crippen LogP contribution >= 0.6 is 0 Å². The highest BCUT2D eigenvalue weighted by Crippen LogP contribution is 2.35. The van der Waals surface area contributed by atoms with Crippen LogP contribution in [0.4, 0.5) is 10.2 Å². The van der Waals surface area contributed by atoms with Gasteiger partial charge in [-0.05, 0) is 36.6 Å². The van der Waals surface area contributed by atoms with Crippen molar-refractivity contribution >= 4 is 22.8 Å². The third-order valence-corrected chi connectivity index (χ3v) is 6.37. The van der Waals surface area contributed by atoms with E-state index in [4.69, 9.17) is 10.5 Å². The highest BCUT2D eigenvalue weighted by atomic mass is 19.1. The molecule has 4 aromatic rings. The molecule has 1 saturated heterocycles. The van der Waals surface area contributed by atoms with E-state index >= 15 is 4.39 Å². The third-order valence-electron chi connectivity index (χ3n) is 6.37. The van der Waals surface area contributed by atoms with Gasteiger partial charge >= 0.3 is 0 Å². The number of carbonyl (C=O) groups excluding carboxylic acids is 1. The summed E-state index contributed by atoms with van der Waals surface area (Å²) >= 11 is 0. The van der Waals surface area contributed by atoms with Crippen LogP contribution in [-0.4, -0.2) is 43.1 Å². The van der Waals surface area contributed by atoms with Gasteiger partial charge in [0.2, 0.25) is 0 Å². The van der Waals surface area contributed by atoms with Gasteiger partial charge in [0.15, 0.2) is 5.65 Å². The summed E-state index contributed by atoms with van der Waals surface area (Å²) < 4.78 is 22.7. The first kappa shape index (κ1) is 24.9. The van der Waals surface area contributed by atoms with Gasteiger partial charge in [-0.15, -0.1) is 0 Å². The van der Waals surface area contributed by atoms with E-state index in [2.05, 4.69) is 15.1 Å². The minimum atomic E-state index is -0.536. The van der Waals surface area contributed by atoms with Gasteiger partial charge in [0, 0.05) is 18.2 Å². The van der Waals surface area contributed by atoms with Crippen LogP contribution in [0, 0.1) is 23.1 Å². The molecule has 0 unspecified atom stereocenters. The monoisotopic (exact) mass is 511 g/mol. The van der Waals surface area contributed by atoms with E-state index in [9.17, 15) is 10.1 Å². The minimum absolute atomic E-state index is 0.0741. The molecule has 2 aromatic heterocycles. The second kappa shape index (κ2) is 10.3. The van der Waals surface area contributed by atoms with E-state index in [1.165, 1.54) is 12.4 Å². The van der Waals surface area contributed by atoms with Crippen molar-refractivity contribution in [1.82, 2.24) is 24.6 Å². The number of anilines is 1. The van der Waals surface area contributed by atoms with Crippen molar-refractivity contribution in [3.8, 4) is 28.8 Å².